The molecule has 6 aromatic heterocycles. The first-order valence-corrected chi connectivity index (χ1v) is 18.6. The Labute approximate surface area is 325 Å². The van der Waals surface area contributed by atoms with E-state index in [9.17, 15) is 13.6 Å². The average Bonchev–Trinajstić information content (AvgIpc) is 3.91. The highest BCUT2D eigenvalue weighted by Gasteiger charge is 2.16. The number of carbonyl (C=O) groups is 1. The van der Waals surface area contributed by atoms with Gasteiger partial charge in [0.25, 0.3) is 12.3 Å². The molecular formula is C37H36Br2F2N10O3. The standard InChI is InChI=1S/C19H18F2N4O2.C11H12BrN3O.C7H6BrN3/c20-18(21)13-2-1-3-14(10-13)19(26)22-15-4-5-16-23-17(12-25(16)11-15)24-6-8-27-9-7-24;12-9-1-2-10-13-11(8-15(10)7-9)14-3-5-16-6-4-14;8-5-1-2-7-10-6(9)4-11(7)3-5/h1-5,10-12,18H,6-9H2,(H,22,26);1-2,7-8H,3-6H2;1-4H,9H2. The van der Waals surface area contributed by atoms with Crippen molar-refractivity contribution in [1.82, 2.24) is 28.2 Å². The van der Waals surface area contributed by atoms with Crippen molar-refractivity contribution in [3.8, 4) is 0 Å². The van der Waals surface area contributed by atoms with Gasteiger partial charge in [-0.2, -0.15) is 0 Å². The summed E-state index contributed by atoms with van der Waals surface area (Å²) in [5.74, 6) is 1.99. The summed E-state index contributed by atoms with van der Waals surface area (Å²) in [5, 5.41) is 2.74. The number of rotatable bonds is 5. The van der Waals surface area contributed by atoms with Crippen LogP contribution in [0.15, 0.2) is 107 Å². The van der Waals surface area contributed by atoms with Crippen LogP contribution in [0.4, 0.5) is 31.9 Å². The number of benzene rings is 1. The largest absolute Gasteiger partial charge is 0.382 e. The molecule has 3 N–H and O–H groups in total. The minimum absolute atomic E-state index is 0.178. The van der Waals surface area contributed by atoms with Gasteiger partial charge >= 0.3 is 0 Å². The SMILES string of the molecule is Brc1ccc2nc(N3CCOCC3)cn2c1.Nc1cn2cc(Br)ccc2n1.O=C(Nc1ccc2nc(N3CCOCC3)cn2c1)c1cccc(C(F)F)c1. The van der Waals surface area contributed by atoms with Crippen LogP contribution in [-0.2, 0) is 9.47 Å². The second kappa shape index (κ2) is 16.9. The summed E-state index contributed by atoms with van der Waals surface area (Å²) in [7, 11) is 0. The van der Waals surface area contributed by atoms with E-state index < -0.39 is 12.3 Å². The van der Waals surface area contributed by atoms with Gasteiger partial charge in [-0.3, -0.25) is 4.79 Å². The number of morpholine rings is 2. The third kappa shape index (κ3) is 9.15. The number of nitrogens with one attached hydrogen (secondary N) is 1. The summed E-state index contributed by atoms with van der Waals surface area (Å²) in [6, 6.07) is 16.8. The predicted molar refractivity (Wildman–Crippen MR) is 211 cm³/mol. The normalized spacial score (nSPS) is 14.5. The third-order valence-corrected chi connectivity index (χ3v) is 9.54. The van der Waals surface area contributed by atoms with E-state index in [4.69, 9.17) is 15.2 Å². The third-order valence-electron chi connectivity index (χ3n) is 8.60. The number of nitrogens with two attached hydrogens (primary N) is 1. The number of halogens is 4. The molecule has 0 radical (unpaired) electrons. The van der Waals surface area contributed by atoms with Gasteiger partial charge in [0.15, 0.2) is 0 Å². The van der Waals surface area contributed by atoms with Crippen LogP contribution in [0.2, 0.25) is 0 Å². The van der Waals surface area contributed by atoms with E-state index in [0.29, 0.717) is 24.7 Å². The molecule has 54 heavy (non-hydrogen) atoms. The molecule has 2 aliphatic heterocycles. The molecule has 0 unspecified atom stereocenters. The Bertz CT molecular complexity index is 2370. The van der Waals surface area contributed by atoms with Gasteiger partial charge in [-0.15, -0.1) is 0 Å². The number of amides is 1. The number of pyridine rings is 3. The van der Waals surface area contributed by atoms with Gasteiger partial charge in [0.2, 0.25) is 0 Å². The minimum Gasteiger partial charge on any atom is -0.382 e. The lowest BCUT2D eigenvalue weighted by atomic mass is 10.1. The van der Waals surface area contributed by atoms with Crippen molar-refractivity contribution in [1.29, 1.82) is 0 Å². The van der Waals surface area contributed by atoms with Crippen molar-refractivity contribution < 1.29 is 23.0 Å². The molecule has 1 aromatic carbocycles. The van der Waals surface area contributed by atoms with E-state index in [1.165, 1.54) is 24.3 Å². The lowest BCUT2D eigenvalue weighted by Crippen LogP contribution is -2.36. The van der Waals surface area contributed by atoms with Gasteiger partial charge in [-0.1, -0.05) is 12.1 Å². The molecule has 2 saturated heterocycles. The van der Waals surface area contributed by atoms with Gasteiger partial charge < -0.3 is 43.5 Å². The number of nitrogen functional groups attached to an aromatic ring is 1. The van der Waals surface area contributed by atoms with Gasteiger partial charge in [0, 0.05) is 64.8 Å². The van der Waals surface area contributed by atoms with Gasteiger partial charge in [-0.05, 0) is 80.4 Å². The molecule has 2 aliphatic rings. The van der Waals surface area contributed by atoms with Crippen LogP contribution in [0.3, 0.4) is 0 Å². The van der Waals surface area contributed by atoms with Crippen LogP contribution < -0.4 is 20.9 Å². The Morgan fingerprint density at radius 2 is 1.20 bits per heavy atom. The van der Waals surface area contributed by atoms with Gasteiger partial charge in [-0.25, -0.2) is 23.7 Å². The number of aromatic nitrogens is 6. The van der Waals surface area contributed by atoms with E-state index in [2.05, 4.69) is 68.1 Å². The molecule has 8 heterocycles. The van der Waals surface area contributed by atoms with Crippen LogP contribution in [0.5, 0.6) is 0 Å². The summed E-state index contributed by atoms with van der Waals surface area (Å²) in [5.41, 5.74) is 8.66. The Hall–Kier alpha value is -5.10. The van der Waals surface area contributed by atoms with Crippen molar-refractivity contribution in [3.05, 3.63) is 118 Å². The van der Waals surface area contributed by atoms with Crippen molar-refractivity contribution in [3.63, 3.8) is 0 Å². The van der Waals surface area contributed by atoms with Crippen molar-refractivity contribution >= 4 is 77.8 Å². The highest BCUT2D eigenvalue weighted by Crippen LogP contribution is 2.22. The summed E-state index contributed by atoms with van der Waals surface area (Å²) >= 11 is 6.81. The molecule has 1 amide bonds. The zero-order valence-electron chi connectivity index (χ0n) is 28.9. The number of hydrogen-bond acceptors (Lipinski definition) is 9. The topological polar surface area (TPSA) is 132 Å². The minimum atomic E-state index is -2.61. The van der Waals surface area contributed by atoms with Crippen molar-refractivity contribution in [2.45, 2.75) is 6.43 Å². The molecule has 9 rings (SSSR count). The maximum absolute atomic E-state index is 12.8. The second-order valence-electron chi connectivity index (χ2n) is 12.4. The van der Waals surface area contributed by atoms with Gasteiger partial charge in [0.05, 0.1) is 50.7 Å². The first-order chi connectivity index (χ1) is 26.2. The smallest absolute Gasteiger partial charge is 0.263 e. The molecule has 0 bridgehead atoms. The molecule has 280 valence electrons. The zero-order valence-corrected chi connectivity index (χ0v) is 32.0. The van der Waals surface area contributed by atoms with E-state index in [-0.39, 0.29) is 11.1 Å². The molecular weight excluding hydrogens is 830 g/mol. The lowest BCUT2D eigenvalue weighted by Gasteiger charge is -2.26. The monoisotopic (exact) mass is 864 g/mol. The maximum Gasteiger partial charge on any atom is 0.263 e. The summed E-state index contributed by atoms with van der Waals surface area (Å²) in [6.45, 7) is 6.34. The van der Waals surface area contributed by atoms with Crippen LogP contribution in [0, 0.1) is 0 Å². The molecule has 0 atom stereocenters. The van der Waals surface area contributed by atoms with Crippen LogP contribution >= 0.6 is 31.9 Å². The Morgan fingerprint density at radius 1 is 0.685 bits per heavy atom. The van der Waals surface area contributed by atoms with Gasteiger partial charge in [0.1, 0.15) is 34.4 Å². The first kappa shape index (κ1) is 37.2. The highest BCUT2D eigenvalue weighted by molar-refractivity contribution is 9.10. The fraction of sp³-hybridized carbons (Fsp3) is 0.243. The van der Waals surface area contributed by atoms with E-state index in [1.807, 2.05) is 56.1 Å². The number of hydrogen-bond donors (Lipinski definition) is 2. The van der Waals surface area contributed by atoms with E-state index >= 15 is 0 Å². The zero-order chi connectivity index (χ0) is 37.6. The molecule has 0 aliphatic carbocycles. The number of nitrogens with zero attached hydrogens (tertiary/aromatic N) is 8. The molecule has 0 saturated carbocycles. The van der Waals surface area contributed by atoms with Crippen LogP contribution in [0.1, 0.15) is 22.3 Å². The number of ether oxygens (including phenoxy) is 2. The molecule has 2 fully saturated rings. The lowest BCUT2D eigenvalue weighted by molar-refractivity contribution is 0.102. The van der Waals surface area contributed by atoms with E-state index in [0.717, 1.165) is 76.9 Å². The van der Waals surface area contributed by atoms with E-state index in [1.54, 1.807) is 24.5 Å². The van der Waals surface area contributed by atoms with Crippen molar-refractivity contribution in [2.24, 2.45) is 0 Å². The summed E-state index contributed by atoms with van der Waals surface area (Å²) in [6.07, 6.45) is 8.81. The molecule has 0 spiro atoms. The Morgan fingerprint density at radius 3 is 1.78 bits per heavy atom. The highest BCUT2D eigenvalue weighted by atomic mass is 79.9. The number of carbonyl (C=O) groups excluding carboxylic acids is 1. The number of imidazole rings is 3. The van der Waals surface area contributed by atoms with Crippen molar-refractivity contribution in [2.75, 3.05) is 73.5 Å². The second-order valence-corrected chi connectivity index (χ2v) is 14.2. The average molecular weight is 867 g/mol. The fourth-order valence-corrected chi connectivity index (χ4v) is 6.60. The Kier molecular flexibility index (Phi) is 11.7. The van der Waals surface area contributed by atoms with Crippen LogP contribution in [0.25, 0.3) is 16.9 Å². The fourth-order valence-electron chi connectivity index (χ4n) is 5.90. The van der Waals surface area contributed by atoms with Crippen LogP contribution in [-0.4, -0.2) is 86.7 Å². The molecule has 13 nitrogen and oxygen atoms in total. The number of fused-ring (bicyclic) bond motifs is 3. The number of anilines is 4. The number of alkyl halides is 2. The molecule has 7 aromatic rings. The predicted octanol–water partition coefficient (Wildman–Crippen LogP) is 6.97. The first-order valence-electron chi connectivity index (χ1n) is 17.1. The summed E-state index contributed by atoms with van der Waals surface area (Å²) < 4.78 is 44.1. The summed E-state index contributed by atoms with van der Waals surface area (Å²) in [4.78, 5) is 30.0. The maximum atomic E-state index is 12.8. The quantitative estimate of drug-likeness (QED) is 0.188. The molecule has 17 heteroatoms. The Balaban J connectivity index is 0.000000140.